The SMILES string of the molecule is CC(C)CCN(C(=O)N[C@@H](CCc1ccccc1)C(=O)CO)C(=O)OCc1ccccc1. The molecule has 0 unspecified atom stereocenters. The lowest BCUT2D eigenvalue weighted by molar-refractivity contribution is -0.123. The van der Waals surface area contributed by atoms with Crippen molar-refractivity contribution in [2.75, 3.05) is 13.2 Å². The molecule has 0 aliphatic heterocycles. The van der Waals surface area contributed by atoms with E-state index in [4.69, 9.17) is 4.74 Å². The number of aliphatic hydroxyl groups excluding tert-OH is 1. The van der Waals surface area contributed by atoms with Crippen molar-refractivity contribution < 1.29 is 24.2 Å². The molecule has 0 radical (unpaired) electrons. The highest BCUT2D eigenvalue weighted by molar-refractivity contribution is 5.94. The highest BCUT2D eigenvalue weighted by Crippen LogP contribution is 2.10. The van der Waals surface area contributed by atoms with E-state index in [9.17, 15) is 19.5 Å². The number of carbonyl (C=O) groups excluding carboxylic acids is 3. The van der Waals surface area contributed by atoms with Gasteiger partial charge >= 0.3 is 12.1 Å². The Morgan fingerprint density at radius 1 is 0.938 bits per heavy atom. The van der Waals surface area contributed by atoms with Gasteiger partial charge in [-0.15, -0.1) is 0 Å². The van der Waals surface area contributed by atoms with E-state index in [0.29, 0.717) is 19.3 Å². The number of imide groups is 1. The fourth-order valence-corrected chi connectivity index (χ4v) is 3.07. The van der Waals surface area contributed by atoms with Crippen molar-refractivity contribution in [3.05, 3.63) is 71.8 Å². The van der Waals surface area contributed by atoms with Crippen LogP contribution in [-0.2, 0) is 22.6 Å². The number of hydrogen-bond acceptors (Lipinski definition) is 5. The number of benzene rings is 2. The van der Waals surface area contributed by atoms with Gasteiger partial charge in [-0.2, -0.15) is 0 Å². The first-order valence-electron chi connectivity index (χ1n) is 10.9. The van der Waals surface area contributed by atoms with E-state index in [-0.39, 0.29) is 19.1 Å². The summed E-state index contributed by atoms with van der Waals surface area (Å²) in [6, 6.07) is 17.1. The Kier molecular flexibility index (Phi) is 10.4. The van der Waals surface area contributed by atoms with Crippen molar-refractivity contribution in [3.63, 3.8) is 0 Å². The minimum absolute atomic E-state index is 0.0398. The highest BCUT2D eigenvalue weighted by Gasteiger charge is 2.27. The third-order valence-corrected chi connectivity index (χ3v) is 5.01. The van der Waals surface area contributed by atoms with Gasteiger partial charge in [0, 0.05) is 6.54 Å². The van der Waals surface area contributed by atoms with E-state index < -0.39 is 30.6 Å². The average Bonchev–Trinajstić information content (AvgIpc) is 2.81. The van der Waals surface area contributed by atoms with Crippen molar-refractivity contribution >= 4 is 17.9 Å². The monoisotopic (exact) mass is 440 g/mol. The zero-order chi connectivity index (χ0) is 23.3. The van der Waals surface area contributed by atoms with Gasteiger partial charge in [0.1, 0.15) is 13.2 Å². The molecule has 2 aromatic carbocycles. The highest BCUT2D eigenvalue weighted by atomic mass is 16.6. The zero-order valence-electron chi connectivity index (χ0n) is 18.7. The van der Waals surface area contributed by atoms with Crippen LogP contribution in [0.2, 0.25) is 0 Å². The molecule has 32 heavy (non-hydrogen) atoms. The Morgan fingerprint density at radius 3 is 2.09 bits per heavy atom. The maximum absolute atomic E-state index is 12.9. The lowest BCUT2D eigenvalue weighted by Crippen LogP contribution is -2.51. The Morgan fingerprint density at radius 2 is 1.53 bits per heavy atom. The molecular weight excluding hydrogens is 408 g/mol. The molecule has 0 heterocycles. The van der Waals surface area contributed by atoms with Gasteiger partial charge in [-0.1, -0.05) is 74.5 Å². The van der Waals surface area contributed by atoms with Crippen molar-refractivity contribution in [1.82, 2.24) is 10.2 Å². The number of carbonyl (C=O) groups is 3. The smallest absolute Gasteiger partial charge is 0.418 e. The number of aryl methyl sites for hydroxylation is 1. The van der Waals surface area contributed by atoms with E-state index in [1.165, 1.54) is 0 Å². The summed E-state index contributed by atoms with van der Waals surface area (Å²) in [4.78, 5) is 38.8. The predicted octanol–water partition coefficient (Wildman–Crippen LogP) is 3.94. The minimum atomic E-state index is -0.906. The molecule has 1 atom stereocenters. The molecule has 2 aromatic rings. The second-order valence-corrected chi connectivity index (χ2v) is 8.03. The molecular formula is C25H32N2O5. The summed E-state index contributed by atoms with van der Waals surface area (Å²) in [5.74, 6) is -0.240. The molecule has 0 saturated carbocycles. The Bertz CT molecular complexity index is 855. The predicted molar refractivity (Wildman–Crippen MR) is 122 cm³/mol. The Hall–Kier alpha value is -3.19. The van der Waals surface area contributed by atoms with Gasteiger partial charge in [0.25, 0.3) is 0 Å². The van der Waals surface area contributed by atoms with E-state index >= 15 is 0 Å². The molecule has 7 nitrogen and oxygen atoms in total. The van der Waals surface area contributed by atoms with Crippen molar-refractivity contribution in [2.24, 2.45) is 5.92 Å². The van der Waals surface area contributed by atoms with Crippen LogP contribution in [0, 0.1) is 5.92 Å². The lowest BCUT2D eigenvalue weighted by atomic mass is 10.0. The van der Waals surface area contributed by atoms with Crippen LogP contribution in [0.5, 0.6) is 0 Å². The summed E-state index contributed by atoms with van der Waals surface area (Å²) in [7, 11) is 0. The molecule has 2 rings (SSSR count). The maximum atomic E-state index is 12.9. The quantitative estimate of drug-likeness (QED) is 0.552. The maximum Gasteiger partial charge on any atom is 0.418 e. The van der Waals surface area contributed by atoms with E-state index in [2.05, 4.69) is 5.32 Å². The van der Waals surface area contributed by atoms with Gasteiger partial charge in [0.2, 0.25) is 0 Å². The topological polar surface area (TPSA) is 95.9 Å². The molecule has 0 aliphatic rings. The number of aliphatic hydroxyl groups is 1. The lowest BCUT2D eigenvalue weighted by Gasteiger charge is -2.25. The molecule has 0 saturated heterocycles. The third kappa shape index (κ3) is 8.51. The number of ether oxygens (including phenoxy) is 1. The summed E-state index contributed by atoms with van der Waals surface area (Å²) in [6.45, 7) is 3.49. The van der Waals surface area contributed by atoms with Gasteiger partial charge in [0.15, 0.2) is 5.78 Å². The second-order valence-electron chi connectivity index (χ2n) is 8.03. The molecule has 0 aliphatic carbocycles. The summed E-state index contributed by atoms with van der Waals surface area (Å²) in [5, 5.41) is 12.0. The number of hydrogen-bond donors (Lipinski definition) is 2. The van der Waals surface area contributed by atoms with E-state index in [0.717, 1.165) is 16.0 Å². The van der Waals surface area contributed by atoms with Gasteiger partial charge in [-0.25, -0.2) is 14.5 Å². The molecule has 0 bridgehead atoms. The number of ketones is 1. The fraction of sp³-hybridized carbons (Fsp3) is 0.400. The number of rotatable bonds is 11. The van der Waals surface area contributed by atoms with Crippen LogP contribution in [0.1, 0.15) is 37.8 Å². The number of amides is 3. The first kappa shape index (κ1) is 25.1. The van der Waals surface area contributed by atoms with E-state index in [1.807, 2.05) is 74.5 Å². The zero-order valence-corrected chi connectivity index (χ0v) is 18.7. The summed E-state index contributed by atoms with van der Waals surface area (Å²) >= 11 is 0. The van der Waals surface area contributed by atoms with Crippen molar-refractivity contribution in [1.29, 1.82) is 0 Å². The minimum Gasteiger partial charge on any atom is -0.444 e. The van der Waals surface area contributed by atoms with Gasteiger partial charge in [0.05, 0.1) is 6.04 Å². The van der Waals surface area contributed by atoms with E-state index in [1.54, 1.807) is 0 Å². The Balaban J connectivity index is 2.05. The van der Waals surface area contributed by atoms with Gasteiger partial charge < -0.3 is 15.2 Å². The van der Waals surface area contributed by atoms with Crippen LogP contribution >= 0.6 is 0 Å². The van der Waals surface area contributed by atoms with Crippen LogP contribution in [0.15, 0.2) is 60.7 Å². The standard InChI is InChI=1S/C25H32N2O5/c1-19(2)15-16-27(25(31)32-18-21-11-7-4-8-12-21)24(30)26-22(23(29)17-28)14-13-20-9-5-3-6-10-20/h3-12,19,22,28H,13-18H2,1-2H3,(H,26,30)/t22-/m0/s1. The molecule has 2 N–H and O–H groups in total. The van der Waals surface area contributed by atoms with Crippen LogP contribution in [0.4, 0.5) is 9.59 Å². The first-order valence-corrected chi connectivity index (χ1v) is 10.9. The number of urea groups is 1. The van der Waals surface area contributed by atoms with Gasteiger partial charge in [-0.05, 0) is 36.3 Å². The summed E-state index contributed by atoms with van der Waals surface area (Å²) < 4.78 is 5.33. The molecule has 7 heteroatoms. The molecule has 172 valence electrons. The van der Waals surface area contributed by atoms with Crippen LogP contribution in [0.3, 0.4) is 0 Å². The number of nitrogens with zero attached hydrogens (tertiary/aromatic N) is 1. The largest absolute Gasteiger partial charge is 0.444 e. The summed E-state index contributed by atoms with van der Waals surface area (Å²) in [6.07, 6.45) is 0.676. The number of nitrogens with one attached hydrogen (secondary N) is 1. The Labute approximate surface area is 189 Å². The van der Waals surface area contributed by atoms with Crippen LogP contribution in [-0.4, -0.2) is 47.1 Å². The summed E-state index contributed by atoms with van der Waals surface area (Å²) in [5.41, 5.74) is 1.82. The molecule has 0 fully saturated rings. The van der Waals surface area contributed by atoms with Crippen molar-refractivity contribution in [2.45, 2.75) is 45.8 Å². The molecule has 0 aromatic heterocycles. The average molecular weight is 441 g/mol. The fourth-order valence-electron chi connectivity index (χ4n) is 3.07. The van der Waals surface area contributed by atoms with Gasteiger partial charge in [-0.3, -0.25) is 4.79 Å². The first-order chi connectivity index (χ1) is 15.4. The molecule has 3 amide bonds. The third-order valence-electron chi connectivity index (χ3n) is 5.01. The molecule has 0 spiro atoms. The van der Waals surface area contributed by atoms with Crippen LogP contribution in [0.25, 0.3) is 0 Å². The normalized spacial score (nSPS) is 11.6. The second kappa shape index (κ2) is 13.3. The van der Waals surface area contributed by atoms with Crippen molar-refractivity contribution in [3.8, 4) is 0 Å². The number of Topliss-reactive ketones (excluding diaryl/α,β-unsaturated/α-hetero) is 1. The van der Waals surface area contributed by atoms with Crippen LogP contribution < -0.4 is 5.32 Å².